The smallest absolute Gasteiger partial charge is 0.0897 e. The van der Waals surface area contributed by atoms with Gasteiger partial charge in [-0.25, -0.2) is 4.98 Å². The minimum atomic E-state index is 0.687. The molecule has 4 heteroatoms. The maximum atomic E-state index is 4.42. The zero-order valence-corrected chi connectivity index (χ0v) is 14.3. The number of hydrogen-bond donors (Lipinski definition) is 1. The van der Waals surface area contributed by atoms with E-state index >= 15 is 0 Å². The van der Waals surface area contributed by atoms with Gasteiger partial charge in [-0.3, -0.25) is 4.90 Å². The van der Waals surface area contributed by atoms with E-state index in [-0.39, 0.29) is 0 Å². The lowest BCUT2D eigenvalue weighted by molar-refractivity contribution is 0.0882. The summed E-state index contributed by atoms with van der Waals surface area (Å²) in [7, 11) is 0. The molecule has 0 aromatic carbocycles. The number of piperazine rings is 1. The maximum absolute atomic E-state index is 4.42. The number of thiazole rings is 1. The SMILES string of the molecule is CCC1CNC(C2CCCCC2)CN1Cc1cnc(C)s1. The van der Waals surface area contributed by atoms with Crippen LogP contribution in [0.15, 0.2) is 6.20 Å². The van der Waals surface area contributed by atoms with Gasteiger partial charge in [-0.1, -0.05) is 26.2 Å². The summed E-state index contributed by atoms with van der Waals surface area (Å²) in [5, 5.41) is 5.05. The maximum Gasteiger partial charge on any atom is 0.0897 e. The van der Waals surface area contributed by atoms with Crippen molar-refractivity contribution in [2.45, 2.75) is 71.0 Å². The van der Waals surface area contributed by atoms with Crippen molar-refractivity contribution >= 4 is 11.3 Å². The highest BCUT2D eigenvalue weighted by atomic mass is 32.1. The van der Waals surface area contributed by atoms with Crippen molar-refractivity contribution in [1.29, 1.82) is 0 Å². The summed E-state index contributed by atoms with van der Waals surface area (Å²) in [6.45, 7) is 7.90. The lowest BCUT2D eigenvalue weighted by Crippen LogP contribution is -2.58. The summed E-state index contributed by atoms with van der Waals surface area (Å²) >= 11 is 1.86. The van der Waals surface area contributed by atoms with Crippen molar-refractivity contribution in [3.8, 4) is 0 Å². The fourth-order valence-electron chi connectivity index (χ4n) is 4.01. The molecule has 0 radical (unpaired) electrons. The Kier molecular flexibility index (Phi) is 5.30. The number of aryl methyl sites for hydroxylation is 1. The van der Waals surface area contributed by atoms with Crippen LogP contribution in [0, 0.1) is 12.8 Å². The predicted octanol–water partition coefficient (Wildman–Crippen LogP) is 3.58. The van der Waals surface area contributed by atoms with E-state index in [1.807, 2.05) is 11.3 Å². The summed E-state index contributed by atoms with van der Waals surface area (Å²) < 4.78 is 0. The first kappa shape index (κ1) is 15.4. The van der Waals surface area contributed by atoms with E-state index < -0.39 is 0 Å². The van der Waals surface area contributed by atoms with Crippen LogP contribution in [0.2, 0.25) is 0 Å². The molecule has 2 fully saturated rings. The molecule has 2 aliphatic rings. The van der Waals surface area contributed by atoms with Gasteiger partial charge in [-0.2, -0.15) is 0 Å². The van der Waals surface area contributed by atoms with Gasteiger partial charge in [0.05, 0.1) is 5.01 Å². The van der Waals surface area contributed by atoms with Gasteiger partial charge in [0.2, 0.25) is 0 Å². The van der Waals surface area contributed by atoms with Crippen LogP contribution < -0.4 is 5.32 Å². The fourth-order valence-corrected chi connectivity index (χ4v) is 4.83. The first-order chi connectivity index (χ1) is 10.3. The molecule has 3 nitrogen and oxygen atoms in total. The minimum Gasteiger partial charge on any atom is -0.311 e. The van der Waals surface area contributed by atoms with Gasteiger partial charge < -0.3 is 5.32 Å². The molecule has 1 saturated heterocycles. The van der Waals surface area contributed by atoms with Crippen LogP contribution in [-0.4, -0.2) is 35.1 Å². The second-order valence-electron chi connectivity index (χ2n) is 6.75. The Morgan fingerprint density at radius 3 is 2.81 bits per heavy atom. The van der Waals surface area contributed by atoms with Crippen LogP contribution in [0.1, 0.15) is 55.3 Å². The van der Waals surface area contributed by atoms with Crippen molar-refractivity contribution in [2.24, 2.45) is 5.92 Å². The zero-order chi connectivity index (χ0) is 14.7. The van der Waals surface area contributed by atoms with Gasteiger partial charge in [0.15, 0.2) is 0 Å². The molecular weight excluding hydrogens is 278 g/mol. The van der Waals surface area contributed by atoms with Gasteiger partial charge in [0.25, 0.3) is 0 Å². The summed E-state index contributed by atoms with van der Waals surface area (Å²) in [6.07, 6.45) is 10.5. The summed E-state index contributed by atoms with van der Waals surface area (Å²) in [4.78, 5) is 8.56. The van der Waals surface area contributed by atoms with Crippen molar-refractivity contribution in [3.05, 3.63) is 16.1 Å². The summed E-state index contributed by atoms with van der Waals surface area (Å²) in [6, 6.07) is 1.40. The Morgan fingerprint density at radius 1 is 1.33 bits per heavy atom. The Hall–Kier alpha value is -0.450. The summed E-state index contributed by atoms with van der Waals surface area (Å²) in [5.74, 6) is 0.905. The average Bonchev–Trinajstić information content (AvgIpc) is 2.93. The highest BCUT2D eigenvalue weighted by molar-refractivity contribution is 7.11. The molecule has 2 heterocycles. The van der Waals surface area contributed by atoms with Crippen LogP contribution in [0.4, 0.5) is 0 Å². The van der Waals surface area contributed by atoms with E-state index in [0.717, 1.165) is 19.0 Å². The molecular formula is C17H29N3S. The van der Waals surface area contributed by atoms with Crippen molar-refractivity contribution in [2.75, 3.05) is 13.1 Å². The van der Waals surface area contributed by atoms with E-state index in [1.54, 1.807) is 0 Å². The second-order valence-corrected chi connectivity index (χ2v) is 8.07. The second kappa shape index (κ2) is 7.21. The topological polar surface area (TPSA) is 28.2 Å². The third-order valence-corrected chi connectivity index (χ3v) is 6.18. The third kappa shape index (κ3) is 3.85. The molecule has 1 aromatic rings. The molecule has 118 valence electrons. The molecule has 1 aliphatic heterocycles. The van der Waals surface area contributed by atoms with E-state index in [0.29, 0.717) is 12.1 Å². The van der Waals surface area contributed by atoms with E-state index in [4.69, 9.17) is 0 Å². The Balaban J connectivity index is 1.63. The summed E-state index contributed by atoms with van der Waals surface area (Å²) in [5.41, 5.74) is 0. The molecule has 1 aliphatic carbocycles. The molecule has 2 atom stereocenters. The number of hydrogen-bond acceptors (Lipinski definition) is 4. The quantitative estimate of drug-likeness (QED) is 0.921. The van der Waals surface area contributed by atoms with Crippen molar-refractivity contribution in [1.82, 2.24) is 15.2 Å². The van der Waals surface area contributed by atoms with E-state index in [9.17, 15) is 0 Å². The van der Waals surface area contributed by atoms with Crippen LogP contribution in [0.3, 0.4) is 0 Å². The Labute approximate surface area is 133 Å². The first-order valence-corrected chi connectivity index (χ1v) is 9.46. The molecule has 2 unspecified atom stereocenters. The molecule has 1 saturated carbocycles. The van der Waals surface area contributed by atoms with Gasteiger partial charge >= 0.3 is 0 Å². The molecule has 0 spiro atoms. The average molecular weight is 308 g/mol. The Bertz CT molecular complexity index is 439. The normalized spacial score (nSPS) is 28.9. The highest BCUT2D eigenvalue weighted by Crippen LogP contribution is 2.29. The van der Waals surface area contributed by atoms with Crippen molar-refractivity contribution in [3.63, 3.8) is 0 Å². The van der Waals surface area contributed by atoms with Gasteiger partial charge in [-0.15, -0.1) is 11.3 Å². The highest BCUT2D eigenvalue weighted by Gasteiger charge is 2.32. The molecule has 0 bridgehead atoms. The Morgan fingerprint density at radius 2 is 2.14 bits per heavy atom. The number of nitrogens with one attached hydrogen (secondary N) is 1. The largest absolute Gasteiger partial charge is 0.311 e. The lowest BCUT2D eigenvalue weighted by atomic mass is 9.82. The van der Waals surface area contributed by atoms with Crippen LogP contribution in [0.5, 0.6) is 0 Å². The van der Waals surface area contributed by atoms with Crippen LogP contribution in [-0.2, 0) is 6.54 Å². The molecule has 1 aromatic heterocycles. The van der Waals surface area contributed by atoms with Gasteiger partial charge in [-0.05, 0) is 32.1 Å². The van der Waals surface area contributed by atoms with Crippen molar-refractivity contribution < 1.29 is 0 Å². The standard InChI is InChI=1S/C17H29N3S/c1-3-15-9-19-17(14-7-5-4-6-8-14)12-20(15)11-16-10-18-13(2)21-16/h10,14-15,17,19H,3-9,11-12H2,1-2H3. The fraction of sp³-hybridized carbons (Fsp3) is 0.824. The molecule has 3 rings (SSSR count). The molecule has 1 N–H and O–H groups in total. The number of aromatic nitrogens is 1. The molecule has 21 heavy (non-hydrogen) atoms. The zero-order valence-electron chi connectivity index (χ0n) is 13.5. The number of rotatable bonds is 4. The minimum absolute atomic E-state index is 0.687. The third-order valence-electron chi connectivity index (χ3n) is 5.28. The van der Waals surface area contributed by atoms with Gasteiger partial charge in [0.1, 0.15) is 0 Å². The monoisotopic (exact) mass is 307 g/mol. The van der Waals surface area contributed by atoms with E-state index in [2.05, 4.69) is 35.2 Å². The lowest BCUT2D eigenvalue weighted by Gasteiger charge is -2.43. The molecule has 0 amide bonds. The van der Waals surface area contributed by atoms with Crippen LogP contribution in [0.25, 0.3) is 0 Å². The van der Waals surface area contributed by atoms with Gasteiger partial charge in [0, 0.05) is 42.8 Å². The number of nitrogens with zero attached hydrogens (tertiary/aromatic N) is 2. The first-order valence-electron chi connectivity index (χ1n) is 8.65. The van der Waals surface area contributed by atoms with Crippen LogP contribution >= 0.6 is 11.3 Å². The van der Waals surface area contributed by atoms with E-state index in [1.165, 1.54) is 55.0 Å². The predicted molar refractivity (Wildman–Crippen MR) is 89.7 cm³/mol.